The Morgan fingerprint density at radius 3 is 1.74 bits per heavy atom. The molecule has 2 N–H and O–H groups in total. The van der Waals surface area contributed by atoms with Crippen molar-refractivity contribution in [3.63, 3.8) is 0 Å². The first-order valence-electron chi connectivity index (χ1n) is 9.13. The fraction of sp³-hybridized carbons (Fsp3) is 0. The molecule has 0 fully saturated rings. The zero-order valence-electron chi connectivity index (χ0n) is 15.9. The van der Waals surface area contributed by atoms with E-state index < -0.39 is 17.5 Å². The first-order valence-corrected chi connectivity index (χ1v) is 9.13. The summed E-state index contributed by atoms with van der Waals surface area (Å²) in [5.74, 6) is -1.84. The number of nitrogens with zero attached hydrogens (tertiary/aromatic N) is 6. The van der Waals surface area contributed by atoms with Crippen LogP contribution in [0.4, 0.5) is 0 Å². The molecule has 0 spiro atoms. The summed E-state index contributed by atoms with van der Waals surface area (Å²) in [5, 5.41) is 39.0. The summed E-state index contributed by atoms with van der Waals surface area (Å²) < 4.78 is 5.23. The van der Waals surface area contributed by atoms with Gasteiger partial charge in [-0.25, -0.2) is 4.79 Å². The van der Waals surface area contributed by atoms with Gasteiger partial charge in [-0.05, 0) is 24.3 Å². The van der Waals surface area contributed by atoms with Gasteiger partial charge in [0.2, 0.25) is 0 Å². The van der Waals surface area contributed by atoms with Crippen molar-refractivity contribution in [3.05, 3.63) is 67.3 Å². The highest BCUT2D eigenvalue weighted by atomic mass is 16.5. The van der Waals surface area contributed by atoms with E-state index in [2.05, 4.69) is 27.0 Å². The van der Waals surface area contributed by atoms with Crippen LogP contribution in [0.1, 0.15) is 0 Å². The van der Waals surface area contributed by atoms with E-state index in [0.29, 0.717) is 22.1 Å². The molecule has 0 saturated heterocycles. The summed E-state index contributed by atoms with van der Waals surface area (Å²) in [6, 6.07) is 15.3. The van der Waals surface area contributed by atoms with E-state index in [4.69, 9.17) is 4.74 Å². The molecule has 0 aliphatic rings. The molecule has 10 heteroatoms. The SMILES string of the molecule is C=CC(=O)Oc1cc(O)c(-n2nc3ccccc3n2)c(O)c1-n1nc2ccccc2n1. The van der Waals surface area contributed by atoms with Crippen LogP contribution in [0.3, 0.4) is 0 Å². The number of benzene rings is 3. The zero-order chi connectivity index (χ0) is 21.5. The van der Waals surface area contributed by atoms with Crippen LogP contribution in [0.2, 0.25) is 0 Å². The predicted octanol–water partition coefficient (Wildman–Crippen LogP) is 2.66. The summed E-state index contributed by atoms with van der Waals surface area (Å²) in [5.41, 5.74) is 2.05. The van der Waals surface area contributed by atoms with Crippen molar-refractivity contribution in [1.82, 2.24) is 30.0 Å². The first-order chi connectivity index (χ1) is 15.0. The lowest BCUT2D eigenvalue weighted by Crippen LogP contribution is -2.10. The van der Waals surface area contributed by atoms with E-state index in [1.807, 2.05) is 0 Å². The van der Waals surface area contributed by atoms with E-state index in [1.165, 1.54) is 0 Å². The normalized spacial score (nSPS) is 11.1. The lowest BCUT2D eigenvalue weighted by Gasteiger charge is -2.14. The number of rotatable bonds is 4. The van der Waals surface area contributed by atoms with Crippen molar-refractivity contribution in [2.45, 2.75) is 0 Å². The number of esters is 1. The summed E-state index contributed by atoms with van der Waals surface area (Å²) in [4.78, 5) is 14.1. The van der Waals surface area contributed by atoms with Crippen LogP contribution < -0.4 is 4.74 Å². The molecule has 0 aliphatic heterocycles. The van der Waals surface area contributed by atoms with Crippen molar-refractivity contribution in [3.8, 4) is 28.6 Å². The van der Waals surface area contributed by atoms with Crippen molar-refractivity contribution < 1.29 is 19.7 Å². The Morgan fingerprint density at radius 1 is 0.839 bits per heavy atom. The standard InChI is InChI=1S/C21H14N6O4/c1-2-18(29)31-17-11-16(28)19(26-22-12-7-3-4-8-13(12)23-26)21(30)20(17)27-24-14-9-5-6-10-15(14)25-27/h2-11,28,30H,1H2. The molecule has 31 heavy (non-hydrogen) atoms. The van der Waals surface area contributed by atoms with Crippen LogP contribution in [0, 0.1) is 0 Å². The number of hydrogen-bond donors (Lipinski definition) is 2. The smallest absolute Gasteiger partial charge is 0.335 e. The van der Waals surface area contributed by atoms with Gasteiger partial charge in [-0.1, -0.05) is 30.8 Å². The van der Waals surface area contributed by atoms with Gasteiger partial charge < -0.3 is 14.9 Å². The molecular formula is C21H14N6O4. The van der Waals surface area contributed by atoms with Crippen LogP contribution in [-0.2, 0) is 4.79 Å². The van der Waals surface area contributed by atoms with Gasteiger partial charge in [-0.2, -0.15) is 0 Å². The monoisotopic (exact) mass is 414 g/mol. The van der Waals surface area contributed by atoms with Crippen molar-refractivity contribution in [1.29, 1.82) is 0 Å². The molecular weight excluding hydrogens is 400 g/mol. The van der Waals surface area contributed by atoms with Crippen LogP contribution in [-0.4, -0.2) is 46.2 Å². The molecule has 0 unspecified atom stereocenters. The number of carbonyl (C=O) groups excluding carboxylic acids is 1. The molecule has 152 valence electrons. The second-order valence-corrected chi connectivity index (χ2v) is 6.52. The van der Waals surface area contributed by atoms with Gasteiger partial charge in [-0.3, -0.25) is 0 Å². The minimum Gasteiger partial charge on any atom is -0.505 e. The molecule has 0 atom stereocenters. The maximum absolute atomic E-state index is 11.8. The number of ether oxygens (including phenoxy) is 1. The Kier molecular flexibility index (Phi) is 4.11. The molecule has 0 amide bonds. The second-order valence-electron chi connectivity index (χ2n) is 6.52. The van der Waals surface area contributed by atoms with Gasteiger partial charge in [0.25, 0.3) is 0 Å². The number of aromatic hydroxyl groups is 2. The highest BCUT2D eigenvalue weighted by Gasteiger charge is 2.26. The van der Waals surface area contributed by atoms with E-state index in [0.717, 1.165) is 21.7 Å². The zero-order valence-corrected chi connectivity index (χ0v) is 15.9. The van der Waals surface area contributed by atoms with Crippen LogP contribution in [0.25, 0.3) is 33.4 Å². The van der Waals surface area contributed by atoms with E-state index in [9.17, 15) is 15.0 Å². The average molecular weight is 414 g/mol. The third kappa shape index (κ3) is 3.02. The maximum Gasteiger partial charge on any atom is 0.335 e. The minimum atomic E-state index is -0.785. The fourth-order valence-electron chi connectivity index (χ4n) is 3.15. The molecule has 10 nitrogen and oxygen atoms in total. The molecule has 2 aromatic heterocycles. The van der Waals surface area contributed by atoms with E-state index in [-0.39, 0.29) is 17.1 Å². The summed E-state index contributed by atoms with van der Waals surface area (Å²) >= 11 is 0. The Balaban J connectivity index is 1.78. The number of phenols is 2. The van der Waals surface area contributed by atoms with Gasteiger partial charge in [0, 0.05) is 12.1 Å². The predicted molar refractivity (Wildman–Crippen MR) is 110 cm³/mol. The maximum atomic E-state index is 11.8. The Labute approximate surface area is 174 Å². The van der Waals surface area contributed by atoms with E-state index in [1.54, 1.807) is 48.5 Å². The van der Waals surface area contributed by atoms with Crippen LogP contribution in [0.15, 0.2) is 67.3 Å². The summed E-state index contributed by atoms with van der Waals surface area (Å²) in [6.07, 6.45) is 0.959. The second kappa shape index (κ2) is 6.95. The molecule has 5 aromatic rings. The van der Waals surface area contributed by atoms with Gasteiger partial charge in [0.15, 0.2) is 28.6 Å². The van der Waals surface area contributed by atoms with Crippen molar-refractivity contribution >= 4 is 28.0 Å². The Hall–Kier alpha value is -4.73. The van der Waals surface area contributed by atoms with Gasteiger partial charge >= 0.3 is 5.97 Å². The Bertz CT molecular complexity index is 1420. The number of hydrogen-bond acceptors (Lipinski definition) is 8. The number of fused-ring (bicyclic) bond motifs is 2. The Morgan fingerprint density at radius 2 is 1.29 bits per heavy atom. The highest BCUT2D eigenvalue weighted by molar-refractivity contribution is 5.85. The average Bonchev–Trinajstić information content (AvgIpc) is 3.37. The molecule has 0 aliphatic carbocycles. The van der Waals surface area contributed by atoms with Crippen molar-refractivity contribution in [2.24, 2.45) is 0 Å². The molecule has 2 heterocycles. The van der Waals surface area contributed by atoms with Crippen LogP contribution >= 0.6 is 0 Å². The van der Waals surface area contributed by atoms with Gasteiger partial charge in [0.05, 0.1) is 0 Å². The molecule has 0 radical (unpaired) electrons. The third-order valence-corrected chi connectivity index (χ3v) is 4.54. The third-order valence-electron chi connectivity index (χ3n) is 4.54. The minimum absolute atomic E-state index is 0.0689. The molecule has 5 rings (SSSR count). The van der Waals surface area contributed by atoms with Crippen LogP contribution in [0.5, 0.6) is 17.2 Å². The van der Waals surface area contributed by atoms with Crippen molar-refractivity contribution in [2.75, 3.05) is 0 Å². The summed E-state index contributed by atoms with van der Waals surface area (Å²) in [6.45, 7) is 3.37. The van der Waals surface area contributed by atoms with E-state index >= 15 is 0 Å². The number of carbonyl (C=O) groups is 1. The summed E-state index contributed by atoms with van der Waals surface area (Å²) in [7, 11) is 0. The first kappa shape index (κ1) is 18.3. The lowest BCUT2D eigenvalue weighted by molar-refractivity contribution is -0.128. The number of phenolic OH excluding ortho intramolecular Hbond substituents is 2. The molecule has 0 bridgehead atoms. The fourth-order valence-corrected chi connectivity index (χ4v) is 3.15. The van der Waals surface area contributed by atoms with Gasteiger partial charge in [0.1, 0.15) is 22.1 Å². The molecule has 0 saturated carbocycles. The van der Waals surface area contributed by atoms with Gasteiger partial charge in [-0.15, -0.1) is 30.0 Å². The number of aromatic nitrogens is 6. The quantitative estimate of drug-likeness (QED) is 0.261. The lowest BCUT2D eigenvalue weighted by atomic mass is 10.2. The highest BCUT2D eigenvalue weighted by Crippen LogP contribution is 2.42. The molecule has 3 aromatic carbocycles. The topological polar surface area (TPSA) is 128 Å². The largest absolute Gasteiger partial charge is 0.505 e.